The van der Waals surface area contributed by atoms with Gasteiger partial charge in [0.1, 0.15) is 0 Å². The van der Waals surface area contributed by atoms with Crippen LogP contribution in [-0.2, 0) is 4.74 Å². The molecule has 4 heteroatoms. The number of benzene rings is 1. The first-order chi connectivity index (χ1) is 10.8. The first-order valence-electron chi connectivity index (χ1n) is 8.58. The lowest BCUT2D eigenvalue weighted by molar-refractivity contribution is 0.0264. The maximum atomic E-state index is 5.92. The predicted octanol–water partition coefficient (Wildman–Crippen LogP) is 3.93. The Labute approximate surface area is 134 Å². The van der Waals surface area contributed by atoms with E-state index < -0.39 is 0 Å². The lowest BCUT2D eigenvalue weighted by Gasteiger charge is -2.21. The van der Waals surface area contributed by atoms with E-state index >= 15 is 0 Å². The van der Waals surface area contributed by atoms with Gasteiger partial charge in [-0.05, 0) is 44.2 Å². The van der Waals surface area contributed by atoms with Gasteiger partial charge in [-0.25, -0.2) is 0 Å². The van der Waals surface area contributed by atoms with Crippen molar-refractivity contribution in [2.24, 2.45) is 10.7 Å². The molecule has 0 heterocycles. The van der Waals surface area contributed by atoms with E-state index in [0.717, 1.165) is 38.1 Å². The topological polar surface area (TPSA) is 59.6 Å². The van der Waals surface area contributed by atoms with Crippen molar-refractivity contribution in [3.8, 4) is 0 Å². The van der Waals surface area contributed by atoms with Crippen LogP contribution in [0, 0.1) is 0 Å². The Morgan fingerprint density at radius 3 is 2.64 bits per heavy atom. The highest BCUT2D eigenvalue weighted by Crippen LogP contribution is 2.20. The molecule has 0 bridgehead atoms. The molecule has 1 aliphatic rings. The van der Waals surface area contributed by atoms with Gasteiger partial charge in [-0.1, -0.05) is 37.5 Å². The standard InChI is InChI=1S/C18H29N3O/c19-18(21-16-10-4-1-5-11-16)20-14-8-3-9-15-22-17-12-6-2-7-13-17/h1,4-5,10-11,17H,2-3,6-9,12-15H2,(H3,19,20,21). The van der Waals surface area contributed by atoms with E-state index in [4.69, 9.17) is 10.5 Å². The average Bonchev–Trinajstić information content (AvgIpc) is 2.56. The molecule has 1 aliphatic carbocycles. The summed E-state index contributed by atoms with van der Waals surface area (Å²) in [6.45, 7) is 1.67. The maximum Gasteiger partial charge on any atom is 0.193 e. The Hall–Kier alpha value is -1.55. The average molecular weight is 303 g/mol. The van der Waals surface area contributed by atoms with Crippen LogP contribution >= 0.6 is 0 Å². The second kappa shape index (κ2) is 10.2. The van der Waals surface area contributed by atoms with Gasteiger partial charge in [0, 0.05) is 18.8 Å². The molecule has 0 amide bonds. The van der Waals surface area contributed by atoms with E-state index in [0.29, 0.717) is 12.1 Å². The second-order valence-corrected chi connectivity index (χ2v) is 5.95. The number of guanidine groups is 1. The molecule has 4 nitrogen and oxygen atoms in total. The minimum Gasteiger partial charge on any atom is -0.378 e. The van der Waals surface area contributed by atoms with Gasteiger partial charge in [0.05, 0.1) is 6.10 Å². The van der Waals surface area contributed by atoms with Crippen LogP contribution in [0.25, 0.3) is 0 Å². The van der Waals surface area contributed by atoms with E-state index in [1.165, 1.54) is 32.1 Å². The zero-order valence-corrected chi connectivity index (χ0v) is 13.5. The number of nitrogens with one attached hydrogen (secondary N) is 1. The summed E-state index contributed by atoms with van der Waals surface area (Å²) < 4.78 is 5.92. The van der Waals surface area contributed by atoms with Crippen molar-refractivity contribution in [1.82, 2.24) is 0 Å². The van der Waals surface area contributed by atoms with Crippen LogP contribution in [0.5, 0.6) is 0 Å². The van der Waals surface area contributed by atoms with Gasteiger partial charge in [-0.2, -0.15) is 0 Å². The molecule has 0 unspecified atom stereocenters. The Morgan fingerprint density at radius 1 is 1.09 bits per heavy atom. The van der Waals surface area contributed by atoms with Crippen molar-refractivity contribution in [1.29, 1.82) is 0 Å². The largest absolute Gasteiger partial charge is 0.378 e. The summed E-state index contributed by atoms with van der Waals surface area (Å²) in [6, 6.07) is 9.88. The van der Waals surface area contributed by atoms with Crippen LogP contribution in [0.4, 0.5) is 5.69 Å². The summed E-state index contributed by atoms with van der Waals surface area (Å²) in [5.74, 6) is 0.490. The van der Waals surface area contributed by atoms with E-state index in [9.17, 15) is 0 Å². The maximum absolute atomic E-state index is 5.92. The normalized spacial score (nSPS) is 16.6. The molecule has 0 aromatic heterocycles. The highest BCUT2D eigenvalue weighted by molar-refractivity contribution is 5.92. The predicted molar refractivity (Wildman–Crippen MR) is 93.2 cm³/mol. The lowest BCUT2D eigenvalue weighted by atomic mass is 9.98. The molecule has 0 radical (unpaired) electrons. The zero-order valence-electron chi connectivity index (χ0n) is 13.5. The van der Waals surface area contributed by atoms with Gasteiger partial charge in [0.25, 0.3) is 0 Å². The molecule has 22 heavy (non-hydrogen) atoms. The lowest BCUT2D eigenvalue weighted by Crippen LogP contribution is -2.22. The molecular formula is C18H29N3O. The van der Waals surface area contributed by atoms with Crippen molar-refractivity contribution >= 4 is 11.6 Å². The van der Waals surface area contributed by atoms with Crippen molar-refractivity contribution < 1.29 is 4.74 Å². The van der Waals surface area contributed by atoms with Gasteiger partial charge < -0.3 is 15.8 Å². The molecule has 0 atom stereocenters. The molecular weight excluding hydrogens is 274 g/mol. The molecule has 0 aliphatic heterocycles. The Balaban J connectivity index is 1.48. The highest BCUT2D eigenvalue weighted by atomic mass is 16.5. The molecule has 1 aromatic rings. The number of unbranched alkanes of at least 4 members (excludes halogenated alkanes) is 2. The number of nitrogens with zero attached hydrogens (tertiary/aromatic N) is 1. The first-order valence-corrected chi connectivity index (χ1v) is 8.58. The summed E-state index contributed by atoms with van der Waals surface area (Å²) >= 11 is 0. The third-order valence-corrected chi connectivity index (χ3v) is 4.04. The number of para-hydroxylation sites is 1. The van der Waals surface area contributed by atoms with Crippen LogP contribution in [0.1, 0.15) is 51.4 Å². The summed E-state index contributed by atoms with van der Waals surface area (Å²) in [4.78, 5) is 4.35. The Kier molecular flexibility index (Phi) is 7.81. The van der Waals surface area contributed by atoms with E-state index in [2.05, 4.69) is 10.3 Å². The smallest absolute Gasteiger partial charge is 0.193 e. The molecule has 1 saturated carbocycles. The van der Waals surface area contributed by atoms with Crippen molar-refractivity contribution in [2.75, 3.05) is 18.5 Å². The third-order valence-electron chi connectivity index (χ3n) is 4.04. The molecule has 1 aromatic carbocycles. The van der Waals surface area contributed by atoms with E-state index in [1.54, 1.807) is 0 Å². The number of ether oxygens (including phenoxy) is 1. The summed E-state index contributed by atoms with van der Waals surface area (Å²) in [5, 5.41) is 3.09. The van der Waals surface area contributed by atoms with Crippen LogP contribution in [0.15, 0.2) is 35.3 Å². The van der Waals surface area contributed by atoms with Gasteiger partial charge in [-0.3, -0.25) is 4.99 Å². The number of rotatable bonds is 8. The van der Waals surface area contributed by atoms with Crippen molar-refractivity contribution in [2.45, 2.75) is 57.5 Å². The monoisotopic (exact) mass is 303 g/mol. The van der Waals surface area contributed by atoms with Crippen LogP contribution in [0.2, 0.25) is 0 Å². The van der Waals surface area contributed by atoms with Crippen LogP contribution < -0.4 is 11.1 Å². The van der Waals surface area contributed by atoms with Crippen LogP contribution in [0.3, 0.4) is 0 Å². The Morgan fingerprint density at radius 2 is 1.86 bits per heavy atom. The minimum absolute atomic E-state index is 0.490. The van der Waals surface area contributed by atoms with Crippen molar-refractivity contribution in [3.05, 3.63) is 30.3 Å². The SMILES string of the molecule is NC(=NCCCCCOC1CCCCC1)Nc1ccccc1. The Bertz CT molecular complexity index is 427. The fraction of sp³-hybridized carbons (Fsp3) is 0.611. The summed E-state index contributed by atoms with van der Waals surface area (Å²) in [6.07, 6.45) is 10.4. The third kappa shape index (κ3) is 6.94. The van der Waals surface area contributed by atoms with E-state index in [1.807, 2.05) is 30.3 Å². The zero-order chi connectivity index (χ0) is 15.5. The van der Waals surface area contributed by atoms with Gasteiger partial charge >= 0.3 is 0 Å². The molecule has 122 valence electrons. The van der Waals surface area contributed by atoms with Crippen molar-refractivity contribution in [3.63, 3.8) is 0 Å². The summed E-state index contributed by atoms with van der Waals surface area (Å²) in [5.41, 5.74) is 6.83. The number of anilines is 1. The second-order valence-electron chi connectivity index (χ2n) is 5.95. The molecule has 0 spiro atoms. The first kappa shape index (κ1) is 16.8. The molecule has 3 N–H and O–H groups in total. The fourth-order valence-corrected chi connectivity index (χ4v) is 2.78. The fourth-order valence-electron chi connectivity index (χ4n) is 2.78. The van der Waals surface area contributed by atoms with Gasteiger partial charge in [0.15, 0.2) is 5.96 Å². The van der Waals surface area contributed by atoms with Gasteiger partial charge in [-0.15, -0.1) is 0 Å². The van der Waals surface area contributed by atoms with Crippen LogP contribution in [-0.4, -0.2) is 25.2 Å². The highest BCUT2D eigenvalue weighted by Gasteiger charge is 2.12. The number of hydrogen-bond donors (Lipinski definition) is 2. The number of hydrogen-bond acceptors (Lipinski definition) is 2. The molecule has 1 fully saturated rings. The summed E-state index contributed by atoms with van der Waals surface area (Å²) in [7, 11) is 0. The van der Waals surface area contributed by atoms with Gasteiger partial charge in [0.2, 0.25) is 0 Å². The van der Waals surface area contributed by atoms with E-state index in [-0.39, 0.29) is 0 Å². The quantitative estimate of drug-likeness (QED) is 0.434. The molecule has 2 rings (SSSR count). The number of aliphatic imine (C=N–C) groups is 1. The number of nitrogens with two attached hydrogens (primary N) is 1. The molecule has 0 saturated heterocycles. The minimum atomic E-state index is 0.490.